The fourth-order valence-corrected chi connectivity index (χ4v) is 2.76. The molecule has 2 aromatic rings. The molecule has 0 unspecified atom stereocenters. The number of rotatable bonds is 6. The Balaban J connectivity index is 2.15. The first-order valence-corrected chi connectivity index (χ1v) is 7.93. The van der Waals surface area contributed by atoms with E-state index in [0.717, 1.165) is 5.56 Å². The lowest BCUT2D eigenvalue weighted by molar-refractivity contribution is 0.311. The monoisotopic (exact) mass is 372 g/mol. The van der Waals surface area contributed by atoms with E-state index < -0.39 is 0 Å². The minimum atomic E-state index is 0.393. The molecule has 0 radical (unpaired) electrons. The van der Waals surface area contributed by atoms with Crippen LogP contribution in [0.4, 0.5) is 5.69 Å². The van der Waals surface area contributed by atoms with Gasteiger partial charge >= 0.3 is 0 Å². The van der Waals surface area contributed by atoms with Gasteiger partial charge in [0.2, 0.25) is 0 Å². The number of nitrogens with zero attached hydrogens (tertiary/aromatic N) is 1. The molecule has 0 spiro atoms. The van der Waals surface area contributed by atoms with Gasteiger partial charge in [0.15, 0.2) is 11.5 Å². The number of halogens is 3. The molecule has 0 aliphatic rings. The third kappa shape index (κ3) is 4.67. The Bertz CT molecular complexity index is 697. The quantitative estimate of drug-likeness (QED) is 0.537. The van der Waals surface area contributed by atoms with Gasteiger partial charge in [-0.25, -0.2) is 0 Å². The number of benzene rings is 2. The molecule has 0 amide bonds. The van der Waals surface area contributed by atoms with E-state index in [1.54, 1.807) is 25.5 Å². The van der Waals surface area contributed by atoms with Crippen molar-refractivity contribution in [2.45, 2.75) is 6.92 Å². The van der Waals surface area contributed by atoms with Crippen LogP contribution in [-0.4, -0.2) is 19.9 Å². The highest BCUT2D eigenvalue weighted by Crippen LogP contribution is 2.33. The van der Waals surface area contributed by atoms with Gasteiger partial charge < -0.3 is 9.47 Å². The van der Waals surface area contributed by atoms with Gasteiger partial charge in [-0.2, -0.15) is 5.10 Å². The Kier molecular flexibility index (Phi) is 6.39. The van der Waals surface area contributed by atoms with Crippen molar-refractivity contribution in [2.24, 2.45) is 5.10 Å². The Morgan fingerprint density at radius 1 is 1.09 bits per heavy atom. The molecule has 0 saturated carbocycles. The maximum atomic E-state index is 6.08. The highest BCUT2D eigenvalue weighted by Gasteiger charge is 2.07. The van der Waals surface area contributed by atoms with E-state index in [1.165, 1.54) is 0 Å². The summed E-state index contributed by atoms with van der Waals surface area (Å²) in [6.07, 6.45) is 1.62. The predicted molar refractivity (Wildman–Crippen MR) is 96.9 cm³/mol. The molecule has 0 aliphatic carbocycles. The standard InChI is InChI=1S/C16H15Cl3N2O2/c1-3-23-14-5-4-10(6-15(14)22-2)9-20-21-16-12(18)7-11(17)8-13(16)19/h4-9,21H,3H2,1-2H3. The van der Waals surface area contributed by atoms with Crippen molar-refractivity contribution in [1.82, 2.24) is 0 Å². The van der Waals surface area contributed by atoms with Crippen LogP contribution in [0.5, 0.6) is 11.5 Å². The summed E-state index contributed by atoms with van der Waals surface area (Å²) >= 11 is 18.0. The zero-order valence-corrected chi connectivity index (χ0v) is 14.8. The highest BCUT2D eigenvalue weighted by molar-refractivity contribution is 6.41. The normalized spacial score (nSPS) is 10.8. The van der Waals surface area contributed by atoms with Gasteiger partial charge in [0.05, 0.1) is 35.7 Å². The molecule has 0 heterocycles. The summed E-state index contributed by atoms with van der Waals surface area (Å²) in [5, 5.41) is 5.38. The van der Waals surface area contributed by atoms with Crippen LogP contribution in [0.3, 0.4) is 0 Å². The molecule has 4 nitrogen and oxygen atoms in total. The first-order chi connectivity index (χ1) is 11.0. The van der Waals surface area contributed by atoms with Crippen molar-refractivity contribution in [3.8, 4) is 11.5 Å². The minimum absolute atomic E-state index is 0.393. The number of anilines is 1. The molecule has 7 heteroatoms. The van der Waals surface area contributed by atoms with Crippen LogP contribution in [-0.2, 0) is 0 Å². The summed E-state index contributed by atoms with van der Waals surface area (Å²) in [7, 11) is 1.59. The number of ether oxygens (including phenoxy) is 2. The molecule has 122 valence electrons. The molecule has 2 aromatic carbocycles. The second-order valence-corrected chi connectivity index (χ2v) is 5.71. The van der Waals surface area contributed by atoms with Gasteiger partial charge in [-0.05, 0) is 42.8 Å². The van der Waals surface area contributed by atoms with Crippen LogP contribution in [0.15, 0.2) is 35.4 Å². The summed E-state index contributed by atoms with van der Waals surface area (Å²) in [6, 6.07) is 8.69. The fraction of sp³-hybridized carbons (Fsp3) is 0.188. The fourth-order valence-electron chi connectivity index (χ4n) is 1.86. The van der Waals surface area contributed by atoms with Crippen LogP contribution in [0.1, 0.15) is 12.5 Å². The highest BCUT2D eigenvalue weighted by atomic mass is 35.5. The summed E-state index contributed by atoms with van der Waals surface area (Å²) < 4.78 is 10.8. The van der Waals surface area contributed by atoms with E-state index in [-0.39, 0.29) is 0 Å². The van der Waals surface area contributed by atoms with Crippen molar-refractivity contribution in [2.75, 3.05) is 19.1 Å². The Hall–Kier alpha value is -1.62. The number of hydrogen-bond donors (Lipinski definition) is 1. The summed E-state index contributed by atoms with van der Waals surface area (Å²) in [5.41, 5.74) is 4.13. The van der Waals surface area contributed by atoms with E-state index in [4.69, 9.17) is 44.3 Å². The zero-order chi connectivity index (χ0) is 16.8. The summed E-state index contributed by atoms with van der Waals surface area (Å²) in [5.74, 6) is 1.32. The SMILES string of the molecule is CCOc1ccc(C=NNc2c(Cl)cc(Cl)cc2Cl)cc1OC. The third-order valence-electron chi connectivity index (χ3n) is 2.88. The Morgan fingerprint density at radius 3 is 2.39 bits per heavy atom. The molecule has 0 saturated heterocycles. The lowest BCUT2D eigenvalue weighted by atomic mass is 10.2. The topological polar surface area (TPSA) is 42.8 Å². The summed E-state index contributed by atoms with van der Waals surface area (Å²) in [6.45, 7) is 2.48. The molecular formula is C16H15Cl3N2O2. The Morgan fingerprint density at radius 2 is 1.78 bits per heavy atom. The lowest BCUT2D eigenvalue weighted by Gasteiger charge is -2.09. The average molecular weight is 374 g/mol. The van der Waals surface area contributed by atoms with Gasteiger partial charge in [0.25, 0.3) is 0 Å². The first-order valence-electron chi connectivity index (χ1n) is 6.79. The number of hydrazone groups is 1. The smallest absolute Gasteiger partial charge is 0.161 e. The number of hydrogen-bond acceptors (Lipinski definition) is 4. The predicted octanol–water partition coefficient (Wildman–Crippen LogP) is 5.50. The molecule has 0 aromatic heterocycles. The number of methoxy groups -OCH3 is 1. The molecule has 0 fully saturated rings. The van der Waals surface area contributed by atoms with Crippen molar-refractivity contribution in [3.63, 3.8) is 0 Å². The summed E-state index contributed by atoms with van der Waals surface area (Å²) in [4.78, 5) is 0. The van der Waals surface area contributed by atoms with Crippen molar-refractivity contribution in [1.29, 1.82) is 0 Å². The van der Waals surface area contributed by atoms with Gasteiger partial charge in [0, 0.05) is 5.02 Å². The van der Waals surface area contributed by atoms with E-state index in [0.29, 0.717) is 38.9 Å². The maximum Gasteiger partial charge on any atom is 0.161 e. The maximum absolute atomic E-state index is 6.08. The van der Waals surface area contributed by atoms with Crippen LogP contribution in [0.25, 0.3) is 0 Å². The van der Waals surface area contributed by atoms with E-state index >= 15 is 0 Å². The van der Waals surface area contributed by atoms with Crippen LogP contribution < -0.4 is 14.9 Å². The van der Waals surface area contributed by atoms with Crippen molar-refractivity contribution >= 4 is 46.7 Å². The van der Waals surface area contributed by atoms with Gasteiger partial charge in [-0.15, -0.1) is 0 Å². The van der Waals surface area contributed by atoms with Crippen molar-refractivity contribution < 1.29 is 9.47 Å². The zero-order valence-electron chi connectivity index (χ0n) is 12.6. The van der Waals surface area contributed by atoms with Gasteiger partial charge in [0.1, 0.15) is 0 Å². The molecule has 0 atom stereocenters. The van der Waals surface area contributed by atoms with E-state index in [2.05, 4.69) is 10.5 Å². The molecule has 2 rings (SSSR count). The minimum Gasteiger partial charge on any atom is -0.493 e. The van der Waals surface area contributed by atoms with E-state index in [1.807, 2.05) is 25.1 Å². The molecule has 23 heavy (non-hydrogen) atoms. The molecule has 0 bridgehead atoms. The van der Waals surface area contributed by atoms with Crippen LogP contribution in [0.2, 0.25) is 15.1 Å². The second kappa shape index (κ2) is 8.29. The van der Waals surface area contributed by atoms with Crippen LogP contribution >= 0.6 is 34.8 Å². The molecular weight excluding hydrogens is 359 g/mol. The Labute approximate surface area is 150 Å². The molecule has 0 aliphatic heterocycles. The second-order valence-electron chi connectivity index (χ2n) is 4.46. The third-order valence-corrected chi connectivity index (χ3v) is 3.70. The van der Waals surface area contributed by atoms with Gasteiger partial charge in [-0.1, -0.05) is 34.8 Å². The lowest BCUT2D eigenvalue weighted by Crippen LogP contribution is -1.97. The van der Waals surface area contributed by atoms with E-state index in [9.17, 15) is 0 Å². The largest absolute Gasteiger partial charge is 0.493 e. The average Bonchev–Trinajstić information content (AvgIpc) is 2.51. The number of nitrogens with one attached hydrogen (secondary N) is 1. The first kappa shape index (κ1) is 17.7. The van der Waals surface area contributed by atoms with Gasteiger partial charge in [-0.3, -0.25) is 5.43 Å². The molecule has 1 N–H and O–H groups in total. The van der Waals surface area contributed by atoms with Crippen molar-refractivity contribution in [3.05, 3.63) is 51.0 Å². The van der Waals surface area contributed by atoms with Crippen LogP contribution in [0, 0.1) is 0 Å².